The van der Waals surface area contributed by atoms with Gasteiger partial charge in [0.25, 0.3) is 0 Å². The van der Waals surface area contributed by atoms with Gasteiger partial charge in [0.2, 0.25) is 0 Å². The Kier molecular flexibility index (Phi) is 9.14. The van der Waals surface area contributed by atoms with Crippen molar-refractivity contribution in [1.29, 1.82) is 0 Å². The molecule has 176 valence electrons. The summed E-state index contributed by atoms with van der Waals surface area (Å²) in [5.74, 6) is -30.5. The van der Waals surface area contributed by atoms with Crippen LogP contribution in [-0.4, -0.2) is 60.8 Å². The van der Waals surface area contributed by atoms with E-state index >= 15 is 0 Å². The van der Waals surface area contributed by atoms with E-state index in [0.29, 0.717) is 12.8 Å². The molecule has 0 aliphatic heterocycles. The normalized spacial score (nSPS) is 15.1. The average molecular weight is 462 g/mol. The quantitative estimate of drug-likeness (QED) is 0.281. The van der Waals surface area contributed by atoms with E-state index in [1.54, 1.807) is 0 Å². The highest BCUT2D eigenvalue weighted by molar-refractivity contribution is 5.08. The van der Waals surface area contributed by atoms with Crippen molar-refractivity contribution in [3.05, 3.63) is 0 Å². The topological polar surface area (TPSA) is 38.7 Å². The molecule has 0 aliphatic carbocycles. The molecule has 0 aromatic carbocycles. The van der Waals surface area contributed by atoms with Crippen LogP contribution in [0.4, 0.5) is 52.7 Å². The summed E-state index contributed by atoms with van der Waals surface area (Å²) >= 11 is 0. The highest BCUT2D eigenvalue weighted by Crippen LogP contribution is 2.59. The Bertz CT molecular complexity index is 505. The lowest BCUT2D eigenvalue weighted by Gasteiger charge is -2.39. The van der Waals surface area contributed by atoms with E-state index < -0.39 is 49.1 Å². The van der Waals surface area contributed by atoms with Crippen molar-refractivity contribution in [3.63, 3.8) is 0 Å². The number of hydrogen-bond donors (Lipinski definition) is 1. The fourth-order valence-electron chi connectivity index (χ4n) is 1.82. The van der Waals surface area contributed by atoms with Gasteiger partial charge >= 0.3 is 35.9 Å². The maximum atomic E-state index is 13.3. The SMILES string of the molecule is CCCCCCOCCOC(F)(F)C(F)(F)C(F)(F)C(F)(F)C(F)(F)C(O)(F)F. The van der Waals surface area contributed by atoms with Gasteiger partial charge < -0.3 is 14.6 Å². The van der Waals surface area contributed by atoms with Crippen molar-refractivity contribution in [3.8, 4) is 0 Å². The van der Waals surface area contributed by atoms with Crippen LogP contribution in [0.5, 0.6) is 0 Å². The van der Waals surface area contributed by atoms with Crippen molar-refractivity contribution in [2.24, 2.45) is 0 Å². The average Bonchev–Trinajstić information content (AvgIpc) is 2.55. The largest absolute Gasteiger partial charge is 0.426 e. The zero-order valence-electron chi connectivity index (χ0n) is 14.7. The number of alkyl halides is 12. The van der Waals surface area contributed by atoms with Gasteiger partial charge in [-0.05, 0) is 6.42 Å². The molecular weight excluding hydrogens is 444 g/mol. The first-order valence-corrected chi connectivity index (χ1v) is 8.02. The third kappa shape index (κ3) is 5.60. The summed E-state index contributed by atoms with van der Waals surface area (Å²) in [5.41, 5.74) is 0. The summed E-state index contributed by atoms with van der Waals surface area (Å²) in [5, 5.41) is 7.61. The molecule has 3 nitrogen and oxygen atoms in total. The van der Waals surface area contributed by atoms with E-state index in [9.17, 15) is 52.7 Å². The van der Waals surface area contributed by atoms with Crippen LogP contribution < -0.4 is 0 Å². The van der Waals surface area contributed by atoms with Gasteiger partial charge in [-0.3, -0.25) is 0 Å². The minimum absolute atomic E-state index is 0.0582. The molecule has 0 radical (unpaired) electrons. The van der Waals surface area contributed by atoms with Gasteiger partial charge in [-0.1, -0.05) is 26.2 Å². The molecule has 0 atom stereocenters. The van der Waals surface area contributed by atoms with Crippen molar-refractivity contribution in [2.45, 2.75) is 68.5 Å². The summed E-state index contributed by atoms with van der Waals surface area (Å²) < 4.78 is 163. The molecule has 0 saturated heterocycles. The van der Waals surface area contributed by atoms with Crippen molar-refractivity contribution >= 4 is 0 Å². The van der Waals surface area contributed by atoms with Crippen LogP contribution in [0.25, 0.3) is 0 Å². The standard InChI is InChI=1S/C14H18F12O3/c1-2-3-4-5-6-28-7-8-29-14(25,26)12(21,22)10(17,18)9(15,16)11(19,20)13(23,24)27/h27H,2-8H2,1H3. The highest BCUT2D eigenvalue weighted by atomic mass is 19.4. The molecule has 0 rings (SSSR count). The number of rotatable bonds is 14. The van der Waals surface area contributed by atoms with Crippen LogP contribution in [0, 0.1) is 0 Å². The van der Waals surface area contributed by atoms with E-state index in [1.165, 1.54) is 0 Å². The second-order valence-electron chi connectivity index (χ2n) is 5.88. The Balaban J connectivity index is 5.21. The van der Waals surface area contributed by atoms with E-state index in [4.69, 9.17) is 5.11 Å². The first kappa shape index (κ1) is 28.0. The third-order valence-corrected chi connectivity index (χ3v) is 3.58. The molecule has 0 aromatic rings. The predicted molar refractivity (Wildman–Crippen MR) is 72.8 cm³/mol. The second-order valence-corrected chi connectivity index (χ2v) is 5.88. The van der Waals surface area contributed by atoms with Crippen LogP contribution in [-0.2, 0) is 9.47 Å². The van der Waals surface area contributed by atoms with Crippen LogP contribution in [0.3, 0.4) is 0 Å². The molecule has 0 amide bonds. The number of unbranched alkanes of at least 4 members (excludes halogenated alkanes) is 3. The lowest BCUT2D eigenvalue weighted by atomic mass is 9.97. The summed E-state index contributed by atoms with van der Waals surface area (Å²) in [6.45, 7) is -0.597. The first-order chi connectivity index (χ1) is 12.8. The lowest BCUT2D eigenvalue weighted by molar-refractivity contribution is -0.473. The molecule has 0 spiro atoms. The van der Waals surface area contributed by atoms with Gasteiger partial charge in [0.15, 0.2) is 0 Å². The van der Waals surface area contributed by atoms with Gasteiger partial charge in [-0.2, -0.15) is 52.7 Å². The Morgan fingerprint density at radius 3 is 1.52 bits per heavy atom. The van der Waals surface area contributed by atoms with Crippen LogP contribution in [0.1, 0.15) is 32.6 Å². The molecule has 0 aliphatic rings. The molecule has 1 N–H and O–H groups in total. The zero-order valence-corrected chi connectivity index (χ0v) is 14.7. The van der Waals surface area contributed by atoms with E-state index in [2.05, 4.69) is 9.47 Å². The number of ether oxygens (including phenoxy) is 2. The molecule has 0 saturated carbocycles. The van der Waals surface area contributed by atoms with Crippen molar-refractivity contribution < 1.29 is 67.3 Å². The maximum absolute atomic E-state index is 13.3. The highest BCUT2D eigenvalue weighted by Gasteiger charge is 2.90. The van der Waals surface area contributed by atoms with Gasteiger partial charge in [0, 0.05) is 6.61 Å². The lowest BCUT2D eigenvalue weighted by Crippen LogP contribution is -2.71. The van der Waals surface area contributed by atoms with Gasteiger partial charge in [-0.15, -0.1) is 0 Å². The van der Waals surface area contributed by atoms with Gasteiger partial charge in [0.1, 0.15) is 0 Å². The number of aliphatic hydroxyl groups is 1. The predicted octanol–water partition coefficient (Wildman–Crippen LogP) is 5.32. The Hall–Kier alpha value is -0.960. The number of hydrogen-bond acceptors (Lipinski definition) is 3. The van der Waals surface area contributed by atoms with E-state index in [-0.39, 0.29) is 6.61 Å². The molecule has 0 aromatic heterocycles. The van der Waals surface area contributed by atoms with Crippen LogP contribution in [0.2, 0.25) is 0 Å². The molecule has 0 fully saturated rings. The first-order valence-electron chi connectivity index (χ1n) is 8.02. The van der Waals surface area contributed by atoms with Gasteiger partial charge in [-0.25, -0.2) is 0 Å². The zero-order chi connectivity index (χ0) is 23.4. The minimum Gasteiger partial charge on any atom is -0.379 e. The fourth-order valence-corrected chi connectivity index (χ4v) is 1.82. The molecule has 15 heteroatoms. The molecule has 29 heavy (non-hydrogen) atoms. The van der Waals surface area contributed by atoms with Crippen LogP contribution >= 0.6 is 0 Å². The monoisotopic (exact) mass is 462 g/mol. The van der Waals surface area contributed by atoms with E-state index in [0.717, 1.165) is 12.8 Å². The fraction of sp³-hybridized carbons (Fsp3) is 1.00. The van der Waals surface area contributed by atoms with Crippen molar-refractivity contribution in [2.75, 3.05) is 19.8 Å². The van der Waals surface area contributed by atoms with E-state index in [1.807, 2.05) is 6.92 Å². The summed E-state index contributed by atoms with van der Waals surface area (Å²) in [7, 11) is 0. The van der Waals surface area contributed by atoms with Crippen molar-refractivity contribution in [1.82, 2.24) is 0 Å². The van der Waals surface area contributed by atoms with Gasteiger partial charge in [0.05, 0.1) is 13.2 Å². The maximum Gasteiger partial charge on any atom is 0.426 e. The Morgan fingerprint density at radius 2 is 1.07 bits per heavy atom. The van der Waals surface area contributed by atoms with Crippen LogP contribution in [0.15, 0.2) is 0 Å². The summed E-state index contributed by atoms with van der Waals surface area (Å²) in [4.78, 5) is 0. The molecular formula is C14H18F12O3. The minimum atomic E-state index is -7.80. The summed E-state index contributed by atoms with van der Waals surface area (Å²) in [6, 6.07) is 0. The summed E-state index contributed by atoms with van der Waals surface area (Å²) in [6.07, 6.45) is -10.7. The molecule has 0 bridgehead atoms. The number of halogens is 12. The molecule has 0 unspecified atom stereocenters. The molecule has 0 heterocycles. The second kappa shape index (κ2) is 9.45. The third-order valence-electron chi connectivity index (χ3n) is 3.58. The Morgan fingerprint density at radius 1 is 0.586 bits per heavy atom. The smallest absolute Gasteiger partial charge is 0.379 e. The Labute approximate surface area is 156 Å².